The standard InChI is InChI=1S/C14H20ClN3O2/c1-2-16-12-4-3-11(15)13(17-12)14(20)18-7-5-10(9-19)6-8-18/h3-4,10,19H,2,5-9H2,1H3,(H,16,17). The highest BCUT2D eigenvalue weighted by atomic mass is 35.5. The first-order valence-corrected chi connectivity index (χ1v) is 7.34. The summed E-state index contributed by atoms with van der Waals surface area (Å²) in [5.74, 6) is 0.826. The highest BCUT2D eigenvalue weighted by molar-refractivity contribution is 6.33. The van der Waals surface area contributed by atoms with Gasteiger partial charge in [0.15, 0.2) is 0 Å². The first-order valence-electron chi connectivity index (χ1n) is 6.96. The third-order valence-corrected chi connectivity index (χ3v) is 3.87. The summed E-state index contributed by atoms with van der Waals surface area (Å²) >= 11 is 6.09. The van der Waals surface area contributed by atoms with E-state index in [0.717, 1.165) is 19.4 Å². The number of amides is 1. The molecule has 1 aromatic rings. The van der Waals surface area contributed by atoms with E-state index >= 15 is 0 Å². The van der Waals surface area contributed by atoms with E-state index in [2.05, 4.69) is 10.3 Å². The summed E-state index contributed by atoms with van der Waals surface area (Å²) in [4.78, 5) is 18.5. The van der Waals surface area contributed by atoms with E-state index in [-0.39, 0.29) is 12.5 Å². The number of piperidine rings is 1. The minimum absolute atomic E-state index is 0.133. The van der Waals surface area contributed by atoms with E-state index in [0.29, 0.717) is 35.5 Å². The highest BCUT2D eigenvalue weighted by Gasteiger charge is 2.25. The molecule has 6 heteroatoms. The smallest absolute Gasteiger partial charge is 0.274 e. The Morgan fingerprint density at radius 2 is 2.20 bits per heavy atom. The van der Waals surface area contributed by atoms with Crippen LogP contribution in [0.3, 0.4) is 0 Å². The van der Waals surface area contributed by atoms with Crippen LogP contribution in [0, 0.1) is 5.92 Å². The lowest BCUT2D eigenvalue weighted by Crippen LogP contribution is -2.39. The number of rotatable bonds is 4. The van der Waals surface area contributed by atoms with Crippen LogP contribution < -0.4 is 5.32 Å². The van der Waals surface area contributed by atoms with Crippen molar-refractivity contribution in [2.45, 2.75) is 19.8 Å². The molecule has 1 aromatic heterocycles. The molecule has 1 amide bonds. The topological polar surface area (TPSA) is 65.5 Å². The van der Waals surface area contributed by atoms with Crippen LogP contribution >= 0.6 is 11.6 Å². The predicted molar refractivity (Wildman–Crippen MR) is 79.1 cm³/mol. The second-order valence-electron chi connectivity index (χ2n) is 4.98. The summed E-state index contributed by atoms with van der Waals surface area (Å²) in [6, 6.07) is 3.46. The molecule has 0 aliphatic carbocycles. The zero-order valence-corrected chi connectivity index (χ0v) is 12.4. The van der Waals surface area contributed by atoms with Crippen molar-refractivity contribution >= 4 is 23.3 Å². The van der Waals surface area contributed by atoms with Crippen LogP contribution in [0.2, 0.25) is 5.02 Å². The van der Waals surface area contributed by atoms with Gasteiger partial charge >= 0.3 is 0 Å². The summed E-state index contributed by atoms with van der Waals surface area (Å²) < 4.78 is 0. The second-order valence-corrected chi connectivity index (χ2v) is 5.38. The molecule has 1 saturated heterocycles. The fraction of sp³-hybridized carbons (Fsp3) is 0.571. The Morgan fingerprint density at radius 3 is 2.80 bits per heavy atom. The van der Waals surface area contributed by atoms with Crippen LogP contribution in [0.4, 0.5) is 5.82 Å². The number of carbonyl (C=O) groups is 1. The number of nitrogens with zero attached hydrogens (tertiary/aromatic N) is 2. The first kappa shape index (κ1) is 15.1. The van der Waals surface area contributed by atoms with E-state index in [9.17, 15) is 4.79 Å². The SMILES string of the molecule is CCNc1ccc(Cl)c(C(=O)N2CCC(CO)CC2)n1. The zero-order chi connectivity index (χ0) is 14.5. The van der Waals surface area contributed by atoms with Gasteiger partial charge < -0.3 is 15.3 Å². The minimum Gasteiger partial charge on any atom is -0.396 e. The monoisotopic (exact) mass is 297 g/mol. The molecule has 0 saturated carbocycles. The average molecular weight is 298 g/mol. The van der Waals surface area contributed by atoms with Crippen LogP contribution in [-0.4, -0.2) is 47.1 Å². The Morgan fingerprint density at radius 1 is 1.50 bits per heavy atom. The van der Waals surface area contributed by atoms with Gasteiger partial charge in [-0.1, -0.05) is 11.6 Å². The van der Waals surface area contributed by atoms with Crippen molar-refractivity contribution < 1.29 is 9.90 Å². The van der Waals surface area contributed by atoms with Gasteiger partial charge in [-0.3, -0.25) is 4.79 Å². The van der Waals surface area contributed by atoms with Gasteiger partial charge in [-0.05, 0) is 37.8 Å². The fourth-order valence-corrected chi connectivity index (χ4v) is 2.53. The Hall–Kier alpha value is -1.33. The summed E-state index contributed by atoms with van der Waals surface area (Å²) in [6.07, 6.45) is 1.65. The van der Waals surface area contributed by atoms with E-state index in [1.54, 1.807) is 17.0 Å². The zero-order valence-electron chi connectivity index (χ0n) is 11.6. The van der Waals surface area contributed by atoms with Crippen LogP contribution in [0.15, 0.2) is 12.1 Å². The van der Waals surface area contributed by atoms with Crippen molar-refractivity contribution in [3.8, 4) is 0 Å². The Balaban J connectivity index is 2.10. The summed E-state index contributed by atoms with van der Waals surface area (Å²) in [5.41, 5.74) is 0.299. The van der Waals surface area contributed by atoms with Crippen molar-refractivity contribution in [3.05, 3.63) is 22.8 Å². The van der Waals surface area contributed by atoms with Gasteiger partial charge in [0.25, 0.3) is 5.91 Å². The molecule has 0 radical (unpaired) electrons. The van der Waals surface area contributed by atoms with E-state index in [1.807, 2.05) is 6.92 Å². The third kappa shape index (κ3) is 3.41. The molecule has 2 heterocycles. The number of hydrogen-bond acceptors (Lipinski definition) is 4. The predicted octanol–water partition coefficient (Wildman–Crippen LogP) is 2.01. The second kappa shape index (κ2) is 6.90. The molecule has 1 aliphatic rings. The highest BCUT2D eigenvalue weighted by Crippen LogP contribution is 2.22. The normalized spacial score (nSPS) is 16.2. The van der Waals surface area contributed by atoms with E-state index in [1.165, 1.54) is 0 Å². The molecular weight excluding hydrogens is 278 g/mol. The lowest BCUT2D eigenvalue weighted by atomic mass is 9.98. The average Bonchev–Trinajstić information content (AvgIpc) is 2.49. The molecule has 110 valence electrons. The molecule has 2 N–H and O–H groups in total. The molecule has 20 heavy (non-hydrogen) atoms. The van der Waals surface area contributed by atoms with Crippen LogP contribution in [-0.2, 0) is 0 Å². The molecule has 0 unspecified atom stereocenters. The number of likely N-dealkylation sites (tertiary alicyclic amines) is 1. The Labute approximate surface area is 123 Å². The van der Waals surface area contributed by atoms with Gasteiger partial charge in [0.2, 0.25) is 0 Å². The fourth-order valence-electron chi connectivity index (χ4n) is 2.34. The maximum atomic E-state index is 12.5. The number of aliphatic hydroxyl groups excluding tert-OH is 1. The number of halogens is 1. The van der Waals surface area contributed by atoms with Crippen molar-refractivity contribution in [1.29, 1.82) is 0 Å². The van der Waals surface area contributed by atoms with Gasteiger partial charge in [-0.2, -0.15) is 0 Å². The van der Waals surface area contributed by atoms with Gasteiger partial charge in [0, 0.05) is 26.2 Å². The van der Waals surface area contributed by atoms with Crippen LogP contribution in [0.25, 0.3) is 0 Å². The molecule has 5 nitrogen and oxygen atoms in total. The molecule has 0 bridgehead atoms. The Kier molecular flexibility index (Phi) is 5.20. The molecule has 1 fully saturated rings. The molecule has 1 aliphatic heterocycles. The summed E-state index contributed by atoms with van der Waals surface area (Å²) in [5, 5.41) is 12.6. The number of anilines is 1. The summed E-state index contributed by atoms with van der Waals surface area (Å²) in [6.45, 7) is 4.19. The number of aliphatic hydroxyl groups is 1. The van der Waals surface area contributed by atoms with Gasteiger partial charge in [0.05, 0.1) is 5.02 Å². The largest absolute Gasteiger partial charge is 0.396 e. The number of pyridine rings is 1. The van der Waals surface area contributed by atoms with Gasteiger partial charge in [-0.25, -0.2) is 4.98 Å². The van der Waals surface area contributed by atoms with E-state index < -0.39 is 0 Å². The van der Waals surface area contributed by atoms with Crippen LogP contribution in [0.5, 0.6) is 0 Å². The van der Waals surface area contributed by atoms with Gasteiger partial charge in [-0.15, -0.1) is 0 Å². The number of carbonyl (C=O) groups excluding carboxylic acids is 1. The van der Waals surface area contributed by atoms with Crippen molar-refractivity contribution in [2.75, 3.05) is 31.6 Å². The number of aromatic nitrogens is 1. The van der Waals surface area contributed by atoms with Crippen molar-refractivity contribution in [3.63, 3.8) is 0 Å². The van der Waals surface area contributed by atoms with E-state index in [4.69, 9.17) is 16.7 Å². The number of hydrogen-bond donors (Lipinski definition) is 2. The lowest BCUT2D eigenvalue weighted by molar-refractivity contribution is 0.0645. The van der Waals surface area contributed by atoms with Crippen molar-refractivity contribution in [1.82, 2.24) is 9.88 Å². The lowest BCUT2D eigenvalue weighted by Gasteiger charge is -2.31. The Bertz CT molecular complexity index is 473. The maximum absolute atomic E-state index is 12.5. The van der Waals surface area contributed by atoms with Crippen molar-refractivity contribution in [2.24, 2.45) is 5.92 Å². The molecule has 0 atom stereocenters. The molecular formula is C14H20ClN3O2. The molecule has 2 rings (SSSR count). The number of nitrogens with one attached hydrogen (secondary N) is 1. The van der Waals surface area contributed by atoms with Crippen LogP contribution in [0.1, 0.15) is 30.3 Å². The maximum Gasteiger partial charge on any atom is 0.274 e. The molecule has 0 spiro atoms. The minimum atomic E-state index is -0.133. The summed E-state index contributed by atoms with van der Waals surface area (Å²) in [7, 11) is 0. The van der Waals surface area contributed by atoms with Gasteiger partial charge in [0.1, 0.15) is 11.5 Å². The third-order valence-electron chi connectivity index (χ3n) is 3.57. The molecule has 0 aromatic carbocycles. The first-order chi connectivity index (χ1) is 9.65. The quantitative estimate of drug-likeness (QED) is 0.892.